The molecule has 0 saturated carbocycles. The standard InChI is InChI=1S/C53H35N3/c1-5-14-36(15-6-1)44-32-33-46-50(34-44)54-52(42-18-9-3-10-19-42)47-23-13-22-45(51(46)47)39-28-24-37(25-29-39)38-26-30-41(31-27-38)49-35-48(40-16-7-2-8-17-40)55-53(56-49)43-20-11-4-12-21-43/h1-35H. The third kappa shape index (κ3) is 6.31. The number of nitrogens with zero attached hydrogens (tertiary/aromatic N) is 3. The molecule has 0 fully saturated rings. The Morgan fingerprint density at radius 2 is 0.732 bits per heavy atom. The van der Waals surface area contributed by atoms with E-state index in [0.717, 1.165) is 77.9 Å². The maximum absolute atomic E-state index is 5.31. The third-order valence-electron chi connectivity index (χ3n) is 10.5. The Labute approximate surface area is 326 Å². The summed E-state index contributed by atoms with van der Waals surface area (Å²) in [7, 11) is 0. The third-order valence-corrected chi connectivity index (χ3v) is 10.5. The van der Waals surface area contributed by atoms with Gasteiger partial charge < -0.3 is 0 Å². The summed E-state index contributed by atoms with van der Waals surface area (Å²) in [5.41, 5.74) is 15.0. The van der Waals surface area contributed by atoms with E-state index in [1.165, 1.54) is 16.5 Å². The van der Waals surface area contributed by atoms with Crippen molar-refractivity contribution in [3.8, 4) is 78.5 Å². The van der Waals surface area contributed by atoms with Crippen LogP contribution in [0, 0.1) is 0 Å². The topological polar surface area (TPSA) is 38.7 Å². The minimum atomic E-state index is 0.714. The summed E-state index contributed by atoms with van der Waals surface area (Å²) in [6, 6.07) is 74.5. The van der Waals surface area contributed by atoms with Crippen LogP contribution in [-0.4, -0.2) is 15.0 Å². The van der Waals surface area contributed by atoms with Crippen molar-refractivity contribution in [1.29, 1.82) is 0 Å². The molecule has 0 aliphatic heterocycles. The van der Waals surface area contributed by atoms with Crippen LogP contribution < -0.4 is 0 Å². The molecule has 262 valence electrons. The molecule has 0 spiro atoms. The molecule has 0 aliphatic rings. The van der Waals surface area contributed by atoms with Gasteiger partial charge in [0.2, 0.25) is 0 Å². The van der Waals surface area contributed by atoms with Gasteiger partial charge in [-0.05, 0) is 45.5 Å². The molecule has 0 unspecified atom stereocenters. The number of rotatable bonds is 7. The van der Waals surface area contributed by atoms with Crippen molar-refractivity contribution in [2.75, 3.05) is 0 Å². The number of benzene rings is 8. The molecular weight excluding hydrogens is 679 g/mol. The van der Waals surface area contributed by atoms with Crippen LogP contribution in [0.3, 0.4) is 0 Å². The highest BCUT2D eigenvalue weighted by atomic mass is 14.9. The summed E-state index contributed by atoms with van der Waals surface area (Å²) in [6.07, 6.45) is 0. The first kappa shape index (κ1) is 33.1. The van der Waals surface area contributed by atoms with Crippen LogP contribution in [0.25, 0.3) is 100 Å². The lowest BCUT2D eigenvalue weighted by Crippen LogP contribution is -1.95. The second-order valence-corrected chi connectivity index (χ2v) is 14.0. The van der Waals surface area contributed by atoms with Crippen molar-refractivity contribution in [3.63, 3.8) is 0 Å². The second-order valence-electron chi connectivity index (χ2n) is 14.0. The number of pyridine rings is 1. The van der Waals surface area contributed by atoms with Crippen LogP contribution >= 0.6 is 0 Å². The average molecular weight is 714 g/mol. The molecule has 0 radical (unpaired) electrons. The van der Waals surface area contributed by atoms with E-state index in [9.17, 15) is 0 Å². The molecule has 10 rings (SSSR count). The highest BCUT2D eigenvalue weighted by Crippen LogP contribution is 2.40. The van der Waals surface area contributed by atoms with E-state index in [1.54, 1.807) is 0 Å². The summed E-state index contributed by atoms with van der Waals surface area (Å²) in [4.78, 5) is 15.3. The van der Waals surface area contributed by atoms with E-state index < -0.39 is 0 Å². The Kier molecular flexibility index (Phi) is 8.51. The lowest BCUT2D eigenvalue weighted by atomic mass is 9.91. The smallest absolute Gasteiger partial charge is 0.160 e. The van der Waals surface area contributed by atoms with Crippen LogP contribution in [-0.2, 0) is 0 Å². The summed E-state index contributed by atoms with van der Waals surface area (Å²) in [5, 5.41) is 3.50. The summed E-state index contributed by atoms with van der Waals surface area (Å²) in [5.74, 6) is 0.714. The van der Waals surface area contributed by atoms with Crippen molar-refractivity contribution in [2.45, 2.75) is 0 Å². The molecule has 0 amide bonds. The number of aromatic nitrogens is 3. The predicted molar refractivity (Wildman–Crippen MR) is 233 cm³/mol. The van der Waals surface area contributed by atoms with Gasteiger partial charge in [0.1, 0.15) is 0 Å². The highest BCUT2D eigenvalue weighted by Gasteiger charge is 2.16. The van der Waals surface area contributed by atoms with Gasteiger partial charge in [0.25, 0.3) is 0 Å². The predicted octanol–water partition coefficient (Wildman–Crippen LogP) is 13.8. The van der Waals surface area contributed by atoms with E-state index in [-0.39, 0.29) is 0 Å². The Bertz CT molecular complexity index is 2900. The van der Waals surface area contributed by atoms with Crippen LogP contribution in [0.2, 0.25) is 0 Å². The highest BCUT2D eigenvalue weighted by molar-refractivity contribution is 6.17. The maximum Gasteiger partial charge on any atom is 0.160 e. The molecule has 0 bridgehead atoms. The maximum atomic E-state index is 5.31. The van der Waals surface area contributed by atoms with Gasteiger partial charge in [-0.1, -0.05) is 200 Å². The fourth-order valence-electron chi connectivity index (χ4n) is 7.67. The number of hydrogen-bond donors (Lipinski definition) is 0. The molecule has 0 saturated heterocycles. The Morgan fingerprint density at radius 1 is 0.268 bits per heavy atom. The molecule has 2 heterocycles. The average Bonchev–Trinajstić information content (AvgIpc) is 3.29. The Hall–Kier alpha value is -7.49. The zero-order chi connectivity index (χ0) is 37.3. The van der Waals surface area contributed by atoms with E-state index >= 15 is 0 Å². The molecular formula is C53H35N3. The van der Waals surface area contributed by atoms with Crippen molar-refractivity contribution in [2.24, 2.45) is 0 Å². The second kappa shape index (κ2) is 14.4. The van der Waals surface area contributed by atoms with Crippen molar-refractivity contribution in [1.82, 2.24) is 15.0 Å². The van der Waals surface area contributed by atoms with Crippen LogP contribution in [0.4, 0.5) is 0 Å². The minimum Gasteiger partial charge on any atom is -0.247 e. The first-order chi connectivity index (χ1) is 27.7. The van der Waals surface area contributed by atoms with Crippen molar-refractivity contribution < 1.29 is 0 Å². The molecule has 0 atom stereocenters. The fourth-order valence-corrected chi connectivity index (χ4v) is 7.67. The van der Waals surface area contributed by atoms with Crippen molar-refractivity contribution in [3.05, 3.63) is 212 Å². The van der Waals surface area contributed by atoms with Gasteiger partial charge in [-0.3, -0.25) is 0 Å². The largest absolute Gasteiger partial charge is 0.247 e. The monoisotopic (exact) mass is 713 g/mol. The summed E-state index contributed by atoms with van der Waals surface area (Å²) in [6.45, 7) is 0. The van der Waals surface area contributed by atoms with Crippen molar-refractivity contribution >= 4 is 21.7 Å². The Balaban J connectivity index is 1.03. The number of fused-ring (bicyclic) bond motifs is 3. The minimum absolute atomic E-state index is 0.714. The van der Waals surface area contributed by atoms with E-state index in [0.29, 0.717) is 5.82 Å². The molecule has 3 heteroatoms. The van der Waals surface area contributed by atoms with Gasteiger partial charge in [-0.15, -0.1) is 0 Å². The fraction of sp³-hybridized carbons (Fsp3) is 0. The first-order valence-electron chi connectivity index (χ1n) is 18.9. The SMILES string of the molecule is c1ccc(-c2ccc3c(c2)nc(-c2ccccc2)c2cccc(-c4ccc(-c5ccc(-c6cc(-c7ccccc7)nc(-c7ccccc7)n6)cc5)cc4)c23)cc1. The van der Waals surface area contributed by atoms with Gasteiger partial charge >= 0.3 is 0 Å². The summed E-state index contributed by atoms with van der Waals surface area (Å²) >= 11 is 0. The molecule has 56 heavy (non-hydrogen) atoms. The van der Waals surface area contributed by atoms with Crippen LogP contribution in [0.15, 0.2) is 212 Å². The van der Waals surface area contributed by atoms with E-state index in [1.807, 2.05) is 36.4 Å². The zero-order valence-electron chi connectivity index (χ0n) is 30.5. The molecule has 3 nitrogen and oxygen atoms in total. The van der Waals surface area contributed by atoms with Gasteiger partial charge in [0.05, 0.1) is 22.6 Å². The molecule has 0 aliphatic carbocycles. The zero-order valence-corrected chi connectivity index (χ0v) is 30.5. The van der Waals surface area contributed by atoms with E-state index in [4.69, 9.17) is 15.0 Å². The lowest BCUT2D eigenvalue weighted by molar-refractivity contribution is 1.18. The quantitative estimate of drug-likeness (QED) is 0.154. The molecule has 10 aromatic rings. The van der Waals surface area contributed by atoms with Gasteiger partial charge in [0, 0.05) is 38.4 Å². The normalized spacial score (nSPS) is 11.2. The van der Waals surface area contributed by atoms with E-state index in [2.05, 4.69) is 176 Å². The number of hydrogen-bond acceptors (Lipinski definition) is 3. The first-order valence-corrected chi connectivity index (χ1v) is 18.9. The Morgan fingerprint density at radius 3 is 1.34 bits per heavy atom. The lowest BCUT2D eigenvalue weighted by Gasteiger charge is -2.15. The molecule has 0 N–H and O–H groups in total. The van der Waals surface area contributed by atoms with Gasteiger partial charge in [-0.2, -0.15) is 0 Å². The molecule has 8 aromatic carbocycles. The molecule has 2 aromatic heterocycles. The van der Waals surface area contributed by atoms with Gasteiger partial charge in [0.15, 0.2) is 5.82 Å². The van der Waals surface area contributed by atoms with Gasteiger partial charge in [-0.25, -0.2) is 15.0 Å². The summed E-state index contributed by atoms with van der Waals surface area (Å²) < 4.78 is 0. The van der Waals surface area contributed by atoms with Crippen LogP contribution in [0.5, 0.6) is 0 Å². The van der Waals surface area contributed by atoms with Crippen LogP contribution in [0.1, 0.15) is 0 Å².